The molecule has 0 aromatic carbocycles. The Morgan fingerprint density at radius 1 is 1.00 bits per heavy atom. The molecule has 0 spiro atoms. The molecule has 21 heavy (non-hydrogen) atoms. The molecule has 0 aromatic heterocycles. The predicted octanol–water partition coefficient (Wildman–Crippen LogP) is 5.73. The Morgan fingerprint density at radius 3 is 2.10 bits per heavy atom. The summed E-state index contributed by atoms with van der Waals surface area (Å²) >= 11 is 0. The molecule has 0 amide bonds. The van der Waals surface area contributed by atoms with E-state index >= 15 is 0 Å². The fourth-order valence-corrected chi connectivity index (χ4v) is 2.88. The molecule has 0 radical (unpaired) electrons. The molecule has 0 unspecified atom stereocenters. The Labute approximate surface area is 131 Å². The first-order chi connectivity index (χ1) is 9.90. The number of rotatable bonds is 1. The fourth-order valence-electron chi connectivity index (χ4n) is 2.88. The zero-order valence-corrected chi connectivity index (χ0v) is 14.3. The van der Waals surface area contributed by atoms with Crippen LogP contribution in [0.1, 0.15) is 66.2 Å². The third-order valence-electron chi connectivity index (χ3n) is 4.41. The molecule has 0 saturated carbocycles. The predicted molar refractivity (Wildman–Crippen MR) is 93.3 cm³/mol. The van der Waals surface area contributed by atoms with Crippen LogP contribution in [0, 0.1) is 5.92 Å². The van der Waals surface area contributed by atoms with E-state index in [2.05, 4.69) is 39.5 Å². The van der Waals surface area contributed by atoms with E-state index in [1.54, 1.807) is 0 Å². The lowest BCUT2D eigenvalue weighted by Crippen LogP contribution is -2.19. The second-order valence-corrected chi connectivity index (χ2v) is 6.67. The van der Waals surface area contributed by atoms with E-state index in [0.29, 0.717) is 0 Å². The number of aliphatic hydroxyl groups excluding tert-OH is 1. The van der Waals surface area contributed by atoms with Gasteiger partial charge in [-0.1, -0.05) is 47.1 Å². The monoisotopic (exact) mass is 288 g/mol. The number of allylic oxidation sites excluding steroid dienone is 5. The molecule has 0 fully saturated rings. The molecule has 0 aliphatic heterocycles. The van der Waals surface area contributed by atoms with Crippen molar-refractivity contribution >= 4 is 0 Å². The Bertz CT molecular complexity index is 437. The van der Waals surface area contributed by atoms with Gasteiger partial charge in [0, 0.05) is 5.92 Å². The van der Waals surface area contributed by atoms with Crippen LogP contribution in [-0.4, -0.2) is 11.2 Å². The van der Waals surface area contributed by atoms with Gasteiger partial charge in [-0.25, -0.2) is 0 Å². The van der Waals surface area contributed by atoms with Crippen LogP contribution >= 0.6 is 0 Å². The number of aliphatic hydroxyl groups is 1. The summed E-state index contributed by atoms with van der Waals surface area (Å²) < 4.78 is 0. The van der Waals surface area contributed by atoms with Crippen LogP contribution in [0.5, 0.6) is 0 Å². The van der Waals surface area contributed by atoms with E-state index in [9.17, 15) is 5.11 Å². The largest absolute Gasteiger partial charge is 0.388 e. The molecule has 1 heteroatoms. The van der Waals surface area contributed by atoms with Gasteiger partial charge in [0.1, 0.15) is 0 Å². The van der Waals surface area contributed by atoms with Gasteiger partial charge in [-0.2, -0.15) is 0 Å². The minimum Gasteiger partial charge on any atom is -0.388 e. The quantitative estimate of drug-likeness (QED) is 0.611. The molecule has 0 saturated heterocycles. The molecule has 2 atom stereocenters. The summed E-state index contributed by atoms with van der Waals surface area (Å²) in [6.45, 7) is 12.7. The van der Waals surface area contributed by atoms with Crippen molar-refractivity contribution in [1.29, 1.82) is 0 Å². The standard InChI is InChI=1S/C20H32O/c1-15(2)19-13-12-17(4)10-6-8-16(3)9-7-11-18(5)14-20(19)21/h9-10,14,19-21H,1,6-8,11-13H2,2-5H3/b16-9-,17-10-,18-14-/t19-,20-/m1/s1. The summed E-state index contributed by atoms with van der Waals surface area (Å²) in [4.78, 5) is 0. The minimum absolute atomic E-state index is 0.170. The highest BCUT2D eigenvalue weighted by molar-refractivity contribution is 5.13. The summed E-state index contributed by atoms with van der Waals surface area (Å²) in [5.41, 5.74) is 5.27. The average molecular weight is 288 g/mol. The molecule has 0 bridgehead atoms. The SMILES string of the molecule is C=C(C)[C@H]1CC/C(C)=C\CC/C(C)=C\CC/C(C)=C\[C@H]1O. The van der Waals surface area contributed by atoms with E-state index in [0.717, 1.165) is 44.1 Å². The van der Waals surface area contributed by atoms with E-state index in [4.69, 9.17) is 0 Å². The van der Waals surface area contributed by atoms with E-state index in [-0.39, 0.29) is 5.92 Å². The van der Waals surface area contributed by atoms with Crippen molar-refractivity contribution in [3.8, 4) is 0 Å². The van der Waals surface area contributed by atoms with Crippen molar-refractivity contribution in [1.82, 2.24) is 0 Å². The lowest BCUT2D eigenvalue weighted by Gasteiger charge is -2.22. The number of hydrogen-bond acceptors (Lipinski definition) is 1. The van der Waals surface area contributed by atoms with Gasteiger partial charge in [0.2, 0.25) is 0 Å². The summed E-state index contributed by atoms with van der Waals surface area (Å²) in [7, 11) is 0. The highest BCUT2D eigenvalue weighted by Gasteiger charge is 2.18. The van der Waals surface area contributed by atoms with Crippen molar-refractivity contribution in [3.05, 3.63) is 47.1 Å². The van der Waals surface area contributed by atoms with Crippen LogP contribution in [0.3, 0.4) is 0 Å². The van der Waals surface area contributed by atoms with Crippen molar-refractivity contribution in [2.45, 2.75) is 72.3 Å². The van der Waals surface area contributed by atoms with Gasteiger partial charge >= 0.3 is 0 Å². The Balaban J connectivity index is 2.90. The molecular formula is C20H32O. The zero-order chi connectivity index (χ0) is 15.8. The van der Waals surface area contributed by atoms with Crippen LogP contribution in [-0.2, 0) is 0 Å². The van der Waals surface area contributed by atoms with Crippen molar-refractivity contribution in [2.24, 2.45) is 5.92 Å². The topological polar surface area (TPSA) is 20.2 Å². The lowest BCUT2D eigenvalue weighted by atomic mass is 9.87. The van der Waals surface area contributed by atoms with Crippen LogP contribution in [0.15, 0.2) is 47.1 Å². The summed E-state index contributed by atoms with van der Waals surface area (Å²) in [6, 6.07) is 0. The van der Waals surface area contributed by atoms with E-state index in [1.165, 1.54) is 16.7 Å². The molecule has 0 aromatic rings. The maximum Gasteiger partial charge on any atom is 0.0788 e. The summed E-state index contributed by atoms with van der Waals surface area (Å²) in [5.74, 6) is 0.170. The van der Waals surface area contributed by atoms with Crippen LogP contribution in [0.25, 0.3) is 0 Å². The molecule has 1 aliphatic rings. The first-order valence-corrected chi connectivity index (χ1v) is 8.22. The maximum atomic E-state index is 10.5. The van der Waals surface area contributed by atoms with Crippen LogP contribution < -0.4 is 0 Å². The van der Waals surface area contributed by atoms with E-state index in [1.807, 2.05) is 13.0 Å². The van der Waals surface area contributed by atoms with Gasteiger partial charge in [-0.15, -0.1) is 0 Å². The molecule has 1 aliphatic carbocycles. The summed E-state index contributed by atoms with van der Waals surface area (Å²) in [6.07, 6.45) is 12.8. The Hall–Kier alpha value is -1.08. The molecule has 118 valence electrons. The smallest absolute Gasteiger partial charge is 0.0788 e. The molecular weight excluding hydrogens is 256 g/mol. The minimum atomic E-state index is -0.400. The van der Waals surface area contributed by atoms with Crippen molar-refractivity contribution < 1.29 is 5.11 Å². The normalized spacial score (nSPS) is 33.7. The second kappa shape index (κ2) is 9.04. The zero-order valence-electron chi connectivity index (χ0n) is 14.3. The number of hydrogen-bond donors (Lipinski definition) is 1. The lowest BCUT2D eigenvalue weighted by molar-refractivity contribution is 0.165. The van der Waals surface area contributed by atoms with Crippen LogP contribution in [0.4, 0.5) is 0 Å². The fraction of sp³-hybridized carbons (Fsp3) is 0.600. The van der Waals surface area contributed by atoms with Gasteiger partial charge in [0.05, 0.1) is 6.10 Å². The van der Waals surface area contributed by atoms with Gasteiger partial charge in [0.25, 0.3) is 0 Å². The maximum absolute atomic E-state index is 10.5. The van der Waals surface area contributed by atoms with Gasteiger partial charge in [-0.05, 0) is 66.2 Å². The molecule has 1 nitrogen and oxygen atoms in total. The van der Waals surface area contributed by atoms with Gasteiger partial charge in [0.15, 0.2) is 0 Å². The Kier molecular flexibility index (Phi) is 7.74. The summed E-state index contributed by atoms with van der Waals surface area (Å²) in [5, 5.41) is 10.5. The Morgan fingerprint density at radius 2 is 1.52 bits per heavy atom. The molecule has 0 heterocycles. The third kappa shape index (κ3) is 6.95. The highest BCUT2D eigenvalue weighted by Crippen LogP contribution is 2.25. The molecule has 1 N–H and O–H groups in total. The van der Waals surface area contributed by atoms with Crippen LogP contribution in [0.2, 0.25) is 0 Å². The van der Waals surface area contributed by atoms with E-state index < -0.39 is 6.10 Å². The second-order valence-electron chi connectivity index (χ2n) is 6.67. The first-order valence-electron chi connectivity index (χ1n) is 8.22. The average Bonchev–Trinajstić information content (AvgIpc) is 2.37. The van der Waals surface area contributed by atoms with Crippen molar-refractivity contribution in [3.63, 3.8) is 0 Å². The third-order valence-corrected chi connectivity index (χ3v) is 4.41. The van der Waals surface area contributed by atoms with Gasteiger partial charge < -0.3 is 5.11 Å². The van der Waals surface area contributed by atoms with Crippen molar-refractivity contribution in [2.75, 3.05) is 0 Å². The van der Waals surface area contributed by atoms with Gasteiger partial charge in [-0.3, -0.25) is 0 Å². The first kappa shape index (κ1) is 18.0. The highest BCUT2D eigenvalue weighted by atomic mass is 16.3. The molecule has 1 rings (SSSR count).